The molecule has 0 aromatic heterocycles. The molecular formula is C20H16O5S2. The normalized spacial score (nSPS) is 16.5. The Kier molecular flexibility index (Phi) is 3.90. The lowest BCUT2D eigenvalue weighted by Gasteiger charge is -2.14. The van der Waals surface area contributed by atoms with Crippen molar-refractivity contribution in [2.75, 3.05) is 0 Å². The van der Waals surface area contributed by atoms with Crippen LogP contribution < -0.4 is 4.74 Å². The molecule has 1 aliphatic rings. The number of ether oxygens (including phenoxy) is 1. The summed E-state index contributed by atoms with van der Waals surface area (Å²) in [6, 6.07) is 15.0. The topological polar surface area (TPSA) is 77.5 Å². The molecule has 0 amide bonds. The second kappa shape index (κ2) is 5.94. The van der Waals surface area contributed by atoms with Gasteiger partial charge in [0.25, 0.3) is 0 Å². The van der Waals surface area contributed by atoms with Crippen molar-refractivity contribution in [1.82, 2.24) is 0 Å². The van der Waals surface area contributed by atoms with Gasteiger partial charge in [0.2, 0.25) is 19.7 Å². The number of para-hydroxylation sites is 1. The fourth-order valence-electron chi connectivity index (χ4n) is 3.06. The van der Waals surface area contributed by atoms with Crippen molar-refractivity contribution >= 4 is 19.7 Å². The number of sulfone groups is 2. The van der Waals surface area contributed by atoms with Crippen LogP contribution in [-0.4, -0.2) is 16.8 Å². The van der Waals surface area contributed by atoms with E-state index in [2.05, 4.69) is 0 Å². The highest BCUT2D eigenvalue weighted by Gasteiger charge is 2.34. The lowest BCUT2D eigenvalue weighted by molar-refractivity contribution is 0.454. The summed E-state index contributed by atoms with van der Waals surface area (Å²) in [6.45, 7) is 3.64. The first-order chi connectivity index (χ1) is 12.7. The van der Waals surface area contributed by atoms with Crippen LogP contribution in [0.2, 0.25) is 0 Å². The van der Waals surface area contributed by atoms with Crippen LogP contribution in [0.25, 0.3) is 0 Å². The van der Waals surface area contributed by atoms with Gasteiger partial charge in [-0.05, 0) is 61.4 Å². The lowest BCUT2D eigenvalue weighted by Crippen LogP contribution is -2.10. The molecule has 27 heavy (non-hydrogen) atoms. The van der Waals surface area contributed by atoms with Gasteiger partial charge >= 0.3 is 0 Å². The first-order valence-electron chi connectivity index (χ1n) is 8.20. The zero-order valence-corrected chi connectivity index (χ0v) is 16.3. The Morgan fingerprint density at radius 3 is 1.70 bits per heavy atom. The molecule has 0 atom stereocenters. The molecule has 0 saturated heterocycles. The van der Waals surface area contributed by atoms with Gasteiger partial charge in [-0.15, -0.1) is 0 Å². The van der Waals surface area contributed by atoms with Crippen molar-refractivity contribution in [2.45, 2.75) is 33.4 Å². The van der Waals surface area contributed by atoms with Gasteiger partial charge in [0.1, 0.15) is 21.3 Å². The Labute approximate surface area is 158 Å². The number of benzene rings is 3. The molecule has 0 spiro atoms. The standard InChI is InChI=1S/C20H16O5S2/c1-13-11-16-20(12-14(13)2)27(23,24)19-10-6-5-9-18(19)26(21,22)17-8-4-3-7-15(17)25-16/h3-12H,1-2H3. The van der Waals surface area contributed by atoms with Crippen LogP contribution in [0.15, 0.2) is 80.2 Å². The van der Waals surface area contributed by atoms with Gasteiger partial charge in [-0.25, -0.2) is 16.8 Å². The van der Waals surface area contributed by atoms with Crippen LogP contribution in [0, 0.1) is 13.8 Å². The molecule has 3 aromatic carbocycles. The molecule has 138 valence electrons. The Bertz CT molecular complexity index is 1290. The second-order valence-electron chi connectivity index (χ2n) is 6.39. The van der Waals surface area contributed by atoms with Crippen molar-refractivity contribution < 1.29 is 21.6 Å². The Morgan fingerprint density at radius 2 is 1.07 bits per heavy atom. The Balaban J connectivity index is 2.22. The smallest absolute Gasteiger partial charge is 0.211 e. The average molecular weight is 400 g/mol. The van der Waals surface area contributed by atoms with E-state index >= 15 is 0 Å². The van der Waals surface area contributed by atoms with Crippen LogP contribution in [0.1, 0.15) is 11.1 Å². The third kappa shape index (κ3) is 2.65. The minimum atomic E-state index is -4.12. The molecule has 0 fully saturated rings. The van der Waals surface area contributed by atoms with E-state index in [1.807, 2.05) is 6.92 Å². The molecular weight excluding hydrogens is 384 g/mol. The molecule has 0 N–H and O–H groups in total. The molecule has 4 rings (SSSR count). The molecule has 0 bridgehead atoms. The Morgan fingerprint density at radius 1 is 0.593 bits per heavy atom. The molecule has 7 heteroatoms. The summed E-state index contributed by atoms with van der Waals surface area (Å²) in [6.07, 6.45) is 0. The highest BCUT2D eigenvalue weighted by molar-refractivity contribution is 7.94. The highest BCUT2D eigenvalue weighted by atomic mass is 32.2. The quantitative estimate of drug-likeness (QED) is 0.445. The van der Waals surface area contributed by atoms with Crippen LogP contribution in [0.3, 0.4) is 0 Å². The first-order valence-corrected chi connectivity index (χ1v) is 11.2. The molecule has 5 nitrogen and oxygen atoms in total. The minimum Gasteiger partial charge on any atom is -0.455 e. The third-order valence-corrected chi connectivity index (χ3v) is 8.45. The van der Waals surface area contributed by atoms with Crippen LogP contribution >= 0.6 is 0 Å². The van der Waals surface area contributed by atoms with E-state index in [0.29, 0.717) is 0 Å². The van der Waals surface area contributed by atoms with E-state index in [-0.39, 0.29) is 31.1 Å². The molecule has 1 aliphatic heterocycles. The number of rotatable bonds is 0. The number of hydrogen-bond acceptors (Lipinski definition) is 5. The van der Waals surface area contributed by atoms with Gasteiger partial charge < -0.3 is 4.74 Å². The van der Waals surface area contributed by atoms with Gasteiger partial charge in [0.15, 0.2) is 0 Å². The van der Waals surface area contributed by atoms with Crippen molar-refractivity contribution in [3.05, 3.63) is 71.8 Å². The average Bonchev–Trinajstić information content (AvgIpc) is 2.66. The van der Waals surface area contributed by atoms with E-state index < -0.39 is 19.7 Å². The number of hydrogen-bond donors (Lipinski definition) is 0. The summed E-state index contributed by atoms with van der Waals surface area (Å²) in [5.41, 5.74) is 1.62. The lowest BCUT2D eigenvalue weighted by atomic mass is 10.1. The first kappa shape index (κ1) is 17.8. The predicted molar refractivity (Wildman–Crippen MR) is 99.8 cm³/mol. The van der Waals surface area contributed by atoms with Gasteiger partial charge in [-0.1, -0.05) is 24.3 Å². The Hall–Kier alpha value is -2.64. The van der Waals surface area contributed by atoms with Crippen LogP contribution in [0.4, 0.5) is 0 Å². The molecule has 0 saturated carbocycles. The number of fused-ring (bicyclic) bond motifs is 3. The van der Waals surface area contributed by atoms with Gasteiger partial charge in [0.05, 0.1) is 9.79 Å². The van der Waals surface area contributed by atoms with Gasteiger partial charge in [-0.3, -0.25) is 0 Å². The van der Waals surface area contributed by atoms with Crippen molar-refractivity contribution in [2.24, 2.45) is 0 Å². The van der Waals surface area contributed by atoms with E-state index in [9.17, 15) is 16.8 Å². The molecule has 0 radical (unpaired) electrons. The minimum absolute atomic E-state index is 0.0510. The monoisotopic (exact) mass is 400 g/mol. The molecule has 0 aliphatic carbocycles. The van der Waals surface area contributed by atoms with Crippen molar-refractivity contribution in [3.63, 3.8) is 0 Å². The second-order valence-corrected chi connectivity index (χ2v) is 10.2. The summed E-state index contributed by atoms with van der Waals surface area (Å²) >= 11 is 0. The molecule has 3 aromatic rings. The summed E-state index contributed by atoms with van der Waals surface area (Å²) in [5.74, 6) is 0.200. The maximum atomic E-state index is 13.4. The predicted octanol–water partition coefficient (Wildman–Crippen LogP) is 4.07. The SMILES string of the molecule is Cc1cc2c(cc1C)S(=O)(=O)c1ccccc1S(=O)(=O)c1ccccc1O2. The summed E-state index contributed by atoms with van der Waals surface area (Å²) < 4.78 is 59.1. The van der Waals surface area contributed by atoms with E-state index in [4.69, 9.17) is 4.74 Å². The number of aryl methyl sites for hydroxylation is 2. The largest absolute Gasteiger partial charge is 0.455 e. The fraction of sp³-hybridized carbons (Fsp3) is 0.100. The van der Waals surface area contributed by atoms with Crippen LogP contribution in [0.5, 0.6) is 11.5 Å². The fourth-order valence-corrected chi connectivity index (χ4v) is 6.70. The van der Waals surface area contributed by atoms with E-state index in [1.165, 1.54) is 42.5 Å². The van der Waals surface area contributed by atoms with Crippen molar-refractivity contribution in [3.8, 4) is 11.5 Å². The third-order valence-electron chi connectivity index (χ3n) is 4.64. The highest BCUT2D eigenvalue weighted by Crippen LogP contribution is 2.42. The van der Waals surface area contributed by atoms with Crippen LogP contribution in [-0.2, 0) is 19.7 Å². The summed E-state index contributed by atoms with van der Waals surface area (Å²) in [4.78, 5) is -0.634. The summed E-state index contributed by atoms with van der Waals surface area (Å²) in [5, 5.41) is 0. The van der Waals surface area contributed by atoms with Crippen molar-refractivity contribution in [1.29, 1.82) is 0 Å². The molecule has 0 unspecified atom stereocenters. The zero-order valence-electron chi connectivity index (χ0n) is 14.6. The van der Waals surface area contributed by atoms with E-state index in [0.717, 1.165) is 11.1 Å². The summed E-state index contributed by atoms with van der Waals surface area (Å²) in [7, 11) is -8.21. The van der Waals surface area contributed by atoms with Gasteiger partial charge in [-0.2, -0.15) is 0 Å². The molecule has 1 heterocycles. The zero-order chi connectivity index (χ0) is 19.4. The maximum absolute atomic E-state index is 13.4. The maximum Gasteiger partial charge on any atom is 0.211 e. The van der Waals surface area contributed by atoms with E-state index in [1.54, 1.807) is 25.1 Å². The van der Waals surface area contributed by atoms with Gasteiger partial charge in [0, 0.05) is 0 Å².